The minimum absolute atomic E-state index is 0.373. The smallest absolute Gasteiger partial charge is 0.122 e. The lowest BCUT2D eigenvalue weighted by Crippen LogP contribution is -1.94. The fraction of sp³-hybridized carbons (Fsp3) is 0.250. The Morgan fingerprint density at radius 1 is 1.10 bits per heavy atom. The summed E-state index contributed by atoms with van der Waals surface area (Å²) in [5.41, 5.74) is 7.45. The molecule has 0 aliphatic heterocycles. The molecule has 2 N–H and O–H groups in total. The summed E-state index contributed by atoms with van der Waals surface area (Å²) < 4.78 is 5.40. The van der Waals surface area contributed by atoms with Crippen LogP contribution in [0.4, 0.5) is 5.69 Å². The molecule has 2 aromatic rings. The Balaban J connectivity index is 2.39. The first-order valence-corrected chi connectivity index (χ1v) is 8.10. The Labute approximate surface area is 139 Å². The number of nitrogens with two attached hydrogens (primary N) is 1. The standard InChI is InChI=1S/C16H17Cl2NOS/c1-9(2)12-8-11(4-5-15(12)20-3)21-16-13(17)6-10(19)7-14(16)18/h4-9H,19H2,1-3H3. The van der Waals surface area contributed by atoms with Gasteiger partial charge in [-0.25, -0.2) is 0 Å². The van der Waals surface area contributed by atoms with Crippen molar-refractivity contribution in [3.63, 3.8) is 0 Å². The summed E-state index contributed by atoms with van der Waals surface area (Å²) in [4.78, 5) is 1.88. The molecule has 5 heteroatoms. The van der Waals surface area contributed by atoms with E-state index >= 15 is 0 Å². The van der Waals surface area contributed by atoms with E-state index < -0.39 is 0 Å². The summed E-state index contributed by atoms with van der Waals surface area (Å²) in [6.07, 6.45) is 0. The molecule has 112 valence electrons. The van der Waals surface area contributed by atoms with Crippen molar-refractivity contribution in [2.24, 2.45) is 0 Å². The molecule has 0 aliphatic rings. The molecule has 0 aromatic heterocycles. The average molecular weight is 342 g/mol. The van der Waals surface area contributed by atoms with E-state index in [2.05, 4.69) is 19.9 Å². The molecule has 0 fully saturated rings. The van der Waals surface area contributed by atoms with E-state index in [1.807, 2.05) is 12.1 Å². The Hall–Kier alpha value is -1.03. The van der Waals surface area contributed by atoms with Crippen molar-refractivity contribution in [1.82, 2.24) is 0 Å². The second-order valence-electron chi connectivity index (χ2n) is 4.97. The van der Waals surface area contributed by atoms with Crippen molar-refractivity contribution in [2.45, 2.75) is 29.6 Å². The lowest BCUT2D eigenvalue weighted by molar-refractivity contribution is 0.407. The van der Waals surface area contributed by atoms with Crippen LogP contribution in [-0.2, 0) is 0 Å². The number of anilines is 1. The third kappa shape index (κ3) is 3.79. The Morgan fingerprint density at radius 3 is 2.24 bits per heavy atom. The largest absolute Gasteiger partial charge is 0.496 e. The van der Waals surface area contributed by atoms with Crippen LogP contribution in [0.1, 0.15) is 25.3 Å². The second kappa shape index (κ2) is 6.82. The van der Waals surface area contributed by atoms with Gasteiger partial charge in [-0.1, -0.05) is 48.8 Å². The maximum atomic E-state index is 6.24. The quantitative estimate of drug-likeness (QED) is 0.707. The number of halogens is 2. The summed E-state index contributed by atoms with van der Waals surface area (Å²) in [5.74, 6) is 1.27. The van der Waals surface area contributed by atoms with Crippen molar-refractivity contribution < 1.29 is 4.74 Å². The highest BCUT2D eigenvalue weighted by Gasteiger charge is 2.12. The first-order chi connectivity index (χ1) is 9.92. The van der Waals surface area contributed by atoms with Crippen molar-refractivity contribution in [2.75, 3.05) is 12.8 Å². The van der Waals surface area contributed by atoms with E-state index in [4.69, 9.17) is 33.7 Å². The molecule has 0 amide bonds. The van der Waals surface area contributed by atoms with Gasteiger partial charge in [-0.05, 0) is 41.8 Å². The van der Waals surface area contributed by atoms with Crippen molar-refractivity contribution in [3.05, 3.63) is 45.9 Å². The Kier molecular flexibility index (Phi) is 5.31. The van der Waals surface area contributed by atoms with Gasteiger partial charge in [-0.2, -0.15) is 0 Å². The van der Waals surface area contributed by atoms with Crippen molar-refractivity contribution >= 4 is 40.7 Å². The van der Waals surface area contributed by atoms with Gasteiger partial charge < -0.3 is 10.5 Å². The molecule has 0 unspecified atom stereocenters. The van der Waals surface area contributed by atoms with Gasteiger partial charge in [-0.15, -0.1) is 0 Å². The van der Waals surface area contributed by atoms with Crippen LogP contribution in [0.3, 0.4) is 0 Å². The van der Waals surface area contributed by atoms with Gasteiger partial charge in [0.05, 0.1) is 17.2 Å². The monoisotopic (exact) mass is 341 g/mol. The minimum atomic E-state index is 0.373. The Bertz CT molecular complexity index is 636. The normalized spacial score (nSPS) is 11.0. The molecule has 0 saturated carbocycles. The summed E-state index contributed by atoms with van der Waals surface area (Å²) in [7, 11) is 1.68. The fourth-order valence-electron chi connectivity index (χ4n) is 2.02. The van der Waals surface area contributed by atoms with Gasteiger partial charge in [0.15, 0.2) is 0 Å². The minimum Gasteiger partial charge on any atom is -0.496 e. The second-order valence-corrected chi connectivity index (χ2v) is 6.87. The average Bonchev–Trinajstić information content (AvgIpc) is 2.42. The van der Waals surface area contributed by atoms with E-state index in [9.17, 15) is 0 Å². The molecule has 0 atom stereocenters. The molecule has 21 heavy (non-hydrogen) atoms. The molecule has 0 radical (unpaired) electrons. The molecular weight excluding hydrogens is 325 g/mol. The summed E-state index contributed by atoms with van der Waals surface area (Å²) in [5, 5.41) is 1.12. The van der Waals surface area contributed by atoms with Gasteiger partial charge in [0.1, 0.15) is 5.75 Å². The molecule has 0 bridgehead atoms. The van der Waals surface area contributed by atoms with Crippen molar-refractivity contribution in [3.8, 4) is 5.75 Å². The number of rotatable bonds is 4. The summed E-state index contributed by atoms with van der Waals surface area (Å²) >= 11 is 14.0. The zero-order chi connectivity index (χ0) is 15.6. The number of ether oxygens (including phenoxy) is 1. The molecule has 0 heterocycles. The highest BCUT2D eigenvalue weighted by Crippen LogP contribution is 2.41. The van der Waals surface area contributed by atoms with Gasteiger partial charge in [0.25, 0.3) is 0 Å². The zero-order valence-corrected chi connectivity index (χ0v) is 14.4. The first kappa shape index (κ1) is 16.3. The lowest BCUT2D eigenvalue weighted by Gasteiger charge is -2.14. The zero-order valence-electron chi connectivity index (χ0n) is 12.1. The number of benzene rings is 2. The maximum Gasteiger partial charge on any atom is 0.122 e. The van der Waals surface area contributed by atoms with Crippen molar-refractivity contribution in [1.29, 1.82) is 0 Å². The predicted octanol–water partition coefficient (Wildman–Crippen LogP) is 5.86. The summed E-state index contributed by atoms with van der Waals surface area (Å²) in [6, 6.07) is 9.50. The third-order valence-corrected chi connectivity index (χ3v) is 5.02. The van der Waals surface area contributed by atoms with Gasteiger partial charge in [-0.3, -0.25) is 0 Å². The molecule has 0 saturated heterocycles. The third-order valence-electron chi connectivity index (χ3n) is 3.06. The molecule has 2 aromatic carbocycles. The predicted molar refractivity (Wildman–Crippen MR) is 92.1 cm³/mol. The molecule has 0 spiro atoms. The first-order valence-electron chi connectivity index (χ1n) is 6.52. The van der Waals surface area contributed by atoms with Gasteiger partial charge in [0, 0.05) is 15.5 Å². The molecule has 2 nitrogen and oxygen atoms in total. The highest BCUT2D eigenvalue weighted by atomic mass is 35.5. The number of hydrogen-bond acceptors (Lipinski definition) is 3. The van der Waals surface area contributed by atoms with E-state index in [0.29, 0.717) is 21.7 Å². The number of hydrogen-bond donors (Lipinski definition) is 1. The lowest BCUT2D eigenvalue weighted by atomic mass is 10.0. The number of methoxy groups -OCH3 is 1. The SMILES string of the molecule is COc1ccc(Sc2c(Cl)cc(N)cc2Cl)cc1C(C)C. The van der Waals surface area contributed by atoms with Gasteiger partial charge >= 0.3 is 0 Å². The fourth-order valence-corrected chi connectivity index (χ4v) is 3.63. The highest BCUT2D eigenvalue weighted by molar-refractivity contribution is 7.99. The number of nitrogen functional groups attached to an aromatic ring is 1. The van der Waals surface area contributed by atoms with Crippen LogP contribution in [-0.4, -0.2) is 7.11 Å². The molecular formula is C16H17Cl2NOS. The summed E-state index contributed by atoms with van der Waals surface area (Å²) in [6.45, 7) is 4.27. The molecule has 2 rings (SSSR count). The van der Waals surface area contributed by atoms with E-state index in [0.717, 1.165) is 21.1 Å². The Morgan fingerprint density at radius 2 is 1.71 bits per heavy atom. The maximum absolute atomic E-state index is 6.24. The van der Waals surface area contributed by atoms with Crippen LogP contribution in [0.25, 0.3) is 0 Å². The van der Waals surface area contributed by atoms with E-state index in [1.165, 1.54) is 11.8 Å². The van der Waals surface area contributed by atoms with Crippen LogP contribution in [0.5, 0.6) is 5.75 Å². The van der Waals surface area contributed by atoms with Crippen LogP contribution >= 0.6 is 35.0 Å². The van der Waals surface area contributed by atoms with Gasteiger partial charge in [0.2, 0.25) is 0 Å². The topological polar surface area (TPSA) is 35.2 Å². The molecule has 0 aliphatic carbocycles. The van der Waals surface area contributed by atoms with Crippen LogP contribution < -0.4 is 10.5 Å². The van der Waals surface area contributed by atoms with E-state index in [-0.39, 0.29) is 0 Å². The van der Waals surface area contributed by atoms with E-state index in [1.54, 1.807) is 19.2 Å². The van der Waals surface area contributed by atoms with Crippen LogP contribution in [0.2, 0.25) is 10.0 Å². The van der Waals surface area contributed by atoms with Crippen LogP contribution in [0, 0.1) is 0 Å². The van der Waals surface area contributed by atoms with Crippen LogP contribution in [0.15, 0.2) is 40.1 Å².